The first-order chi connectivity index (χ1) is 12.7. The van der Waals surface area contributed by atoms with E-state index in [1.54, 1.807) is 0 Å². The minimum atomic E-state index is 0.513. The largest absolute Gasteiger partial charge is 0.261 e. The van der Waals surface area contributed by atoms with E-state index in [0.29, 0.717) is 6.04 Å². The van der Waals surface area contributed by atoms with Crippen molar-refractivity contribution in [2.75, 3.05) is 0 Å². The highest BCUT2D eigenvalue weighted by Crippen LogP contribution is 2.50. The number of aromatic nitrogens is 4. The lowest BCUT2D eigenvalue weighted by atomic mass is 9.95. The minimum absolute atomic E-state index is 0.513. The summed E-state index contributed by atoms with van der Waals surface area (Å²) < 4.78 is 2.34. The highest BCUT2D eigenvalue weighted by atomic mass is 32.2. The number of aryl methyl sites for hydroxylation is 2. The Morgan fingerprint density at radius 2 is 1.96 bits per heavy atom. The highest BCUT2D eigenvalue weighted by molar-refractivity contribution is 7.99. The average Bonchev–Trinajstić information content (AvgIpc) is 3.23. The Hall–Kier alpha value is -1.66. The molecule has 1 fully saturated rings. The monoisotopic (exact) mass is 382 g/mol. The maximum Gasteiger partial charge on any atom is 0.108 e. The van der Waals surface area contributed by atoms with Gasteiger partial charge in [0.1, 0.15) is 5.69 Å². The summed E-state index contributed by atoms with van der Waals surface area (Å²) in [6.07, 6.45) is 8.41. The second-order valence-corrected chi connectivity index (χ2v) is 9.44. The van der Waals surface area contributed by atoms with E-state index < -0.39 is 0 Å². The molecule has 1 aliphatic heterocycles. The molecule has 0 radical (unpaired) electrons. The topological polar surface area (TPSA) is 43.6 Å². The SMILES string of the molecule is Cc1ccc(-c2nn(C3CCCCC3)c3c2SCc2nc(C)sc2-3)cn1. The van der Waals surface area contributed by atoms with Crippen molar-refractivity contribution in [2.24, 2.45) is 0 Å². The molecule has 0 bridgehead atoms. The van der Waals surface area contributed by atoms with Gasteiger partial charge in [-0.05, 0) is 38.8 Å². The van der Waals surface area contributed by atoms with Gasteiger partial charge in [-0.25, -0.2) is 4.98 Å². The molecule has 0 N–H and O–H groups in total. The van der Waals surface area contributed by atoms with Crippen LogP contribution in [0, 0.1) is 13.8 Å². The molecule has 4 nitrogen and oxygen atoms in total. The van der Waals surface area contributed by atoms with Crippen LogP contribution in [0.2, 0.25) is 0 Å². The van der Waals surface area contributed by atoms with Gasteiger partial charge in [-0.1, -0.05) is 19.3 Å². The van der Waals surface area contributed by atoms with Crippen LogP contribution in [0.3, 0.4) is 0 Å². The predicted molar refractivity (Wildman–Crippen MR) is 108 cm³/mol. The molecule has 134 valence electrons. The van der Waals surface area contributed by atoms with E-state index in [0.717, 1.165) is 27.7 Å². The van der Waals surface area contributed by atoms with E-state index in [2.05, 4.69) is 28.7 Å². The fourth-order valence-corrected chi connectivity index (χ4v) is 6.30. The van der Waals surface area contributed by atoms with Gasteiger partial charge in [0.05, 0.1) is 32.2 Å². The number of fused-ring (bicyclic) bond motifs is 3. The summed E-state index contributed by atoms with van der Waals surface area (Å²) in [5, 5.41) is 6.31. The number of thioether (sulfide) groups is 1. The van der Waals surface area contributed by atoms with E-state index in [9.17, 15) is 0 Å². The Labute approximate surface area is 162 Å². The molecule has 0 unspecified atom stereocenters. The Kier molecular flexibility index (Phi) is 4.13. The Morgan fingerprint density at radius 3 is 2.73 bits per heavy atom. The lowest BCUT2D eigenvalue weighted by molar-refractivity contribution is 0.332. The molecule has 5 rings (SSSR count). The number of hydrogen-bond acceptors (Lipinski definition) is 5. The molecular formula is C20H22N4S2. The lowest BCUT2D eigenvalue weighted by Crippen LogP contribution is -2.15. The maximum absolute atomic E-state index is 5.16. The lowest BCUT2D eigenvalue weighted by Gasteiger charge is -2.24. The van der Waals surface area contributed by atoms with E-state index in [1.807, 2.05) is 36.2 Å². The standard InChI is InChI=1S/C20H22N4S2/c1-12-8-9-14(10-21-12)17-20-18(19-16(11-25-20)22-13(2)26-19)24(23-17)15-6-4-3-5-7-15/h8-10,15H,3-7,11H2,1-2H3. The third kappa shape index (κ3) is 2.70. The summed E-state index contributed by atoms with van der Waals surface area (Å²) in [6.45, 7) is 4.14. The van der Waals surface area contributed by atoms with Crippen molar-refractivity contribution in [3.63, 3.8) is 0 Å². The smallest absolute Gasteiger partial charge is 0.108 e. The van der Waals surface area contributed by atoms with Crippen molar-refractivity contribution in [1.82, 2.24) is 19.7 Å². The zero-order valence-electron chi connectivity index (χ0n) is 15.2. The molecular weight excluding hydrogens is 360 g/mol. The average molecular weight is 383 g/mol. The second-order valence-electron chi connectivity index (χ2n) is 7.25. The van der Waals surface area contributed by atoms with E-state index in [1.165, 1.54) is 53.3 Å². The van der Waals surface area contributed by atoms with Crippen LogP contribution in [0.15, 0.2) is 23.2 Å². The van der Waals surface area contributed by atoms with Crippen molar-refractivity contribution < 1.29 is 0 Å². The summed E-state index contributed by atoms with van der Waals surface area (Å²) >= 11 is 3.71. The number of rotatable bonds is 2. The Bertz CT molecular complexity index is 949. The van der Waals surface area contributed by atoms with Crippen LogP contribution in [0.1, 0.15) is 54.5 Å². The van der Waals surface area contributed by atoms with Gasteiger partial charge in [0.2, 0.25) is 0 Å². The molecule has 0 aromatic carbocycles. The van der Waals surface area contributed by atoms with E-state index in [-0.39, 0.29) is 0 Å². The van der Waals surface area contributed by atoms with Gasteiger partial charge >= 0.3 is 0 Å². The summed E-state index contributed by atoms with van der Waals surface area (Å²) in [6, 6.07) is 4.75. The van der Waals surface area contributed by atoms with Gasteiger partial charge in [-0.3, -0.25) is 9.67 Å². The third-order valence-electron chi connectivity index (χ3n) is 5.34. The molecule has 0 saturated heterocycles. The maximum atomic E-state index is 5.16. The van der Waals surface area contributed by atoms with Crippen LogP contribution >= 0.6 is 23.1 Å². The fraction of sp³-hybridized carbons (Fsp3) is 0.450. The van der Waals surface area contributed by atoms with Crippen LogP contribution in [-0.2, 0) is 5.75 Å². The van der Waals surface area contributed by atoms with Gasteiger partial charge in [0.15, 0.2) is 0 Å². The van der Waals surface area contributed by atoms with Crippen LogP contribution in [0.4, 0.5) is 0 Å². The third-order valence-corrected chi connectivity index (χ3v) is 7.46. The molecule has 26 heavy (non-hydrogen) atoms. The number of nitrogens with zero attached hydrogens (tertiary/aromatic N) is 4. The molecule has 6 heteroatoms. The molecule has 1 aliphatic carbocycles. The van der Waals surface area contributed by atoms with Crippen LogP contribution in [0.5, 0.6) is 0 Å². The van der Waals surface area contributed by atoms with Crippen molar-refractivity contribution in [2.45, 2.75) is 62.6 Å². The van der Waals surface area contributed by atoms with Crippen LogP contribution in [0.25, 0.3) is 21.8 Å². The summed E-state index contributed by atoms with van der Waals surface area (Å²) in [4.78, 5) is 11.9. The van der Waals surface area contributed by atoms with Crippen molar-refractivity contribution in [3.05, 3.63) is 34.7 Å². The number of thiazole rings is 1. The normalized spacial score (nSPS) is 17.2. The zero-order valence-corrected chi connectivity index (χ0v) is 16.8. The Morgan fingerprint density at radius 1 is 1.12 bits per heavy atom. The van der Waals surface area contributed by atoms with Crippen molar-refractivity contribution >= 4 is 23.1 Å². The number of pyridine rings is 1. The van der Waals surface area contributed by atoms with Gasteiger partial charge in [-0.2, -0.15) is 5.10 Å². The first-order valence-corrected chi connectivity index (χ1v) is 11.2. The first-order valence-electron chi connectivity index (χ1n) is 9.35. The van der Waals surface area contributed by atoms with Crippen LogP contribution in [-0.4, -0.2) is 19.7 Å². The van der Waals surface area contributed by atoms with E-state index >= 15 is 0 Å². The van der Waals surface area contributed by atoms with E-state index in [4.69, 9.17) is 10.1 Å². The van der Waals surface area contributed by atoms with Gasteiger partial charge < -0.3 is 0 Å². The molecule has 4 heterocycles. The summed E-state index contributed by atoms with van der Waals surface area (Å²) in [5.74, 6) is 0.940. The molecule has 3 aromatic heterocycles. The van der Waals surface area contributed by atoms with Gasteiger partial charge in [0, 0.05) is 23.2 Å². The van der Waals surface area contributed by atoms with Gasteiger partial charge in [-0.15, -0.1) is 23.1 Å². The second kappa shape index (κ2) is 6.50. The highest BCUT2D eigenvalue weighted by Gasteiger charge is 2.32. The molecule has 3 aromatic rings. The molecule has 0 amide bonds. The molecule has 2 aliphatic rings. The van der Waals surface area contributed by atoms with Crippen molar-refractivity contribution in [3.8, 4) is 21.8 Å². The zero-order chi connectivity index (χ0) is 17.7. The predicted octanol–water partition coefficient (Wildman–Crippen LogP) is 5.80. The van der Waals surface area contributed by atoms with Gasteiger partial charge in [0.25, 0.3) is 0 Å². The Balaban J connectivity index is 1.71. The number of hydrogen-bond donors (Lipinski definition) is 0. The fourth-order valence-electron chi connectivity index (χ4n) is 4.04. The molecule has 0 spiro atoms. The minimum Gasteiger partial charge on any atom is -0.261 e. The van der Waals surface area contributed by atoms with Crippen LogP contribution < -0.4 is 0 Å². The summed E-state index contributed by atoms with van der Waals surface area (Å²) in [7, 11) is 0. The quantitative estimate of drug-likeness (QED) is 0.562. The first kappa shape index (κ1) is 16.5. The molecule has 1 saturated carbocycles. The molecule has 0 atom stereocenters. The van der Waals surface area contributed by atoms with Crippen molar-refractivity contribution in [1.29, 1.82) is 0 Å². The summed E-state index contributed by atoms with van der Waals surface area (Å²) in [5.41, 5.74) is 5.81.